The zero-order chi connectivity index (χ0) is 17.0. The Balaban J connectivity index is 1.82. The van der Waals surface area contributed by atoms with Crippen LogP contribution in [0.25, 0.3) is 0 Å². The van der Waals surface area contributed by atoms with E-state index in [-0.39, 0.29) is 0 Å². The van der Waals surface area contributed by atoms with Crippen LogP contribution < -0.4 is 0 Å². The standard InChI is InChI=1S/C14H26O8S/c1-2-3-4-5-6-7-8-9-10-11-12-18-22-19-13(15)14-20-23(16,17)21-14/h15H,2-12H2,1H3. The molecule has 0 aromatic rings. The van der Waals surface area contributed by atoms with E-state index in [0.29, 0.717) is 6.61 Å². The second-order valence-electron chi connectivity index (χ2n) is 5.32. The number of hydrogen-bond acceptors (Lipinski definition) is 8. The molecule has 0 saturated carbocycles. The summed E-state index contributed by atoms with van der Waals surface area (Å²) >= 11 is 0. The van der Waals surface area contributed by atoms with Gasteiger partial charge in [0.1, 0.15) is 0 Å². The first-order valence-corrected chi connectivity index (χ1v) is 9.42. The quantitative estimate of drug-likeness (QED) is 0.218. The minimum atomic E-state index is -4.03. The van der Waals surface area contributed by atoms with E-state index in [2.05, 4.69) is 30.1 Å². The molecule has 9 heteroatoms. The van der Waals surface area contributed by atoms with Crippen molar-refractivity contribution in [3.8, 4) is 0 Å². The predicted octanol–water partition coefficient (Wildman–Crippen LogP) is 3.76. The van der Waals surface area contributed by atoms with E-state index in [4.69, 9.17) is 5.11 Å². The van der Waals surface area contributed by atoms with Crippen molar-refractivity contribution in [2.45, 2.75) is 71.1 Å². The molecular formula is C14H26O8S. The summed E-state index contributed by atoms with van der Waals surface area (Å²) in [5.41, 5.74) is 0. The Labute approximate surface area is 137 Å². The first kappa shape index (κ1) is 19.9. The molecule has 1 N–H and O–H groups in total. The van der Waals surface area contributed by atoms with Crippen molar-refractivity contribution in [3.05, 3.63) is 11.9 Å². The largest absolute Gasteiger partial charge is 0.506 e. The summed E-state index contributed by atoms with van der Waals surface area (Å²) in [5.74, 6) is -1.64. The molecule has 0 atom stereocenters. The van der Waals surface area contributed by atoms with Crippen molar-refractivity contribution >= 4 is 10.4 Å². The summed E-state index contributed by atoms with van der Waals surface area (Å²) < 4.78 is 29.1. The molecule has 1 rings (SSSR count). The molecule has 1 heterocycles. The van der Waals surface area contributed by atoms with Crippen LogP contribution in [0.15, 0.2) is 11.9 Å². The van der Waals surface area contributed by atoms with Gasteiger partial charge in [0.15, 0.2) is 0 Å². The summed E-state index contributed by atoms with van der Waals surface area (Å²) in [7, 11) is -4.03. The van der Waals surface area contributed by atoms with E-state index >= 15 is 0 Å². The Morgan fingerprint density at radius 3 is 2.00 bits per heavy atom. The highest BCUT2D eigenvalue weighted by Gasteiger charge is 2.37. The van der Waals surface area contributed by atoms with Gasteiger partial charge < -0.3 is 13.5 Å². The zero-order valence-electron chi connectivity index (χ0n) is 13.5. The second-order valence-corrected chi connectivity index (χ2v) is 6.47. The van der Waals surface area contributed by atoms with Crippen LogP contribution in [0.5, 0.6) is 0 Å². The lowest BCUT2D eigenvalue weighted by molar-refractivity contribution is -0.507. The molecule has 1 saturated heterocycles. The molecule has 8 nitrogen and oxygen atoms in total. The summed E-state index contributed by atoms with van der Waals surface area (Å²) in [5, 5.41) is 13.4. The van der Waals surface area contributed by atoms with Gasteiger partial charge in [-0.25, -0.2) is 0 Å². The van der Waals surface area contributed by atoms with Gasteiger partial charge in [0.25, 0.3) is 0 Å². The molecule has 0 aromatic heterocycles. The van der Waals surface area contributed by atoms with Crippen LogP contribution in [0.4, 0.5) is 0 Å². The van der Waals surface area contributed by atoms with Crippen LogP contribution in [0, 0.1) is 0 Å². The van der Waals surface area contributed by atoms with E-state index in [0.717, 1.165) is 19.3 Å². The molecule has 0 radical (unpaired) electrons. The van der Waals surface area contributed by atoms with Crippen LogP contribution >= 0.6 is 0 Å². The van der Waals surface area contributed by atoms with Crippen molar-refractivity contribution in [2.75, 3.05) is 6.61 Å². The third kappa shape index (κ3) is 9.52. The number of unbranched alkanes of at least 4 members (excludes halogenated alkanes) is 9. The van der Waals surface area contributed by atoms with Crippen molar-refractivity contribution in [1.29, 1.82) is 0 Å². The van der Waals surface area contributed by atoms with Crippen LogP contribution in [0.2, 0.25) is 0 Å². The van der Waals surface area contributed by atoms with Crippen LogP contribution in [-0.4, -0.2) is 20.1 Å². The molecule has 0 aromatic carbocycles. The maximum Gasteiger partial charge on any atom is 0.506 e. The van der Waals surface area contributed by atoms with Gasteiger partial charge in [0.2, 0.25) is 0 Å². The van der Waals surface area contributed by atoms with E-state index in [1.165, 1.54) is 44.9 Å². The number of aliphatic hydroxyl groups excluding tert-OH is 1. The van der Waals surface area contributed by atoms with E-state index in [1.807, 2.05) is 0 Å². The summed E-state index contributed by atoms with van der Waals surface area (Å²) in [6.45, 7) is 2.52. The predicted molar refractivity (Wildman–Crippen MR) is 80.7 cm³/mol. The topological polar surface area (TPSA) is 101 Å². The Morgan fingerprint density at radius 2 is 1.48 bits per heavy atom. The van der Waals surface area contributed by atoms with E-state index in [9.17, 15) is 8.42 Å². The zero-order valence-corrected chi connectivity index (χ0v) is 14.3. The average molecular weight is 354 g/mol. The van der Waals surface area contributed by atoms with E-state index in [1.54, 1.807) is 0 Å². The van der Waals surface area contributed by atoms with Gasteiger partial charge in [-0.15, -0.1) is 8.42 Å². The molecule has 1 aliphatic heterocycles. The first-order chi connectivity index (χ1) is 11.0. The van der Waals surface area contributed by atoms with Gasteiger partial charge in [-0.1, -0.05) is 64.7 Å². The third-order valence-corrected chi connectivity index (χ3v) is 3.98. The normalized spacial score (nSPS) is 15.4. The van der Waals surface area contributed by atoms with Crippen molar-refractivity contribution in [2.24, 2.45) is 0 Å². The summed E-state index contributed by atoms with van der Waals surface area (Å²) in [4.78, 5) is 8.90. The lowest BCUT2D eigenvalue weighted by Crippen LogP contribution is -2.24. The van der Waals surface area contributed by atoms with E-state index < -0.39 is 22.3 Å². The van der Waals surface area contributed by atoms with Crippen LogP contribution in [0.1, 0.15) is 71.1 Å². The van der Waals surface area contributed by atoms with Crippen molar-refractivity contribution < 1.29 is 36.7 Å². The molecule has 0 bridgehead atoms. The molecule has 0 unspecified atom stereocenters. The fraction of sp³-hybridized carbons (Fsp3) is 0.857. The molecular weight excluding hydrogens is 328 g/mol. The highest BCUT2D eigenvalue weighted by molar-refractivity contribution is 7.83. The lowest BCUT2D eigenvalue weighted by atomic mass is 10.1. The Kier molecular flexibility index (Phi) is 9.81. The maximum absolute atomic E-state index is 10.5. The Hall–Kier alpha value is -1.19. The average Bonchev–Trinajstić information content (AvgIpc) is 2.49. The minimum absolute atomic E-state index is 0.305. The molecule has 0 amide bonds. The molecule has 0 spiro atoms. The van der Waals surface area contributed by atoms with Gasteiger partial charge in [-0.3, -0.25) is 4.89 Å². The molecule has 1 aliphatic rings. The molecule has 1 fully saturated rings. The lowest BCUT2D eigenvalue weighted by Gasteiger charge is -2.16. The fourth-order valence-corrected chi connectivity index (χ4v) is 2.56. The van der Waals surface area contributed by atoms with Crippen molar-refractivity contribution in [3.63, 3.8) is 0 Å². The first-order valence-electron chi connectivity index (χ1n) is 8.08. The second kappa shape index (κ2) is 11.4. The van der Waals surface area contributed by atoms with Gasteiger partial charge in [-0.2, -0.15) is 4.89 Å². The van der Waals surface area contributed by atoms with Crippen molar-refractivity contribution in [1.82, 2.24) is 0 Å². The molecule has 136 valence electrons. The van der Waals surface area contributed by atoms with Crippen LogP contribution in [0.3, 0.4) is 0 Å². The summed E-state index contributed by atoms with van der Waals surface area (Å²) in [6, 6.07) is 0. The van der Waals surface area contributed by atoms with Gasteiger partial charge in [-0.05, 0) is 11.5 Å². The number of rotatable bonds is 14. The van der Waals surface area contributed by atoms with Gasteiger partial charge >= 0.3 is 22.3 Å². The highest BCUT2D eigenvalue weighted by atomic mass is 32.3. The Morgan fingerprint density at radius 1 is 0.957 bits per heavy atom. The van der Waals surface area contributed by atoms with Gasteiger partial charge in [0.05, 0.1) is 6.61 Å². The SMILES string of the molecule is CCCCCCCCCCCCOOOC(O)=C1OS(=O)(=O)O1. The summed E-state index contributed by atoms with van der Waals surface area (Å²) in [6.07, 6.45) is 12.1. The molecule has 23 heavy (non-hydrogen) atoms. The highest BCUT2D eigenvalue weighted by Crippen LogP contribution is 2.24. The number of hydrogen-bond donors (Lipinski definition) is 1. The number of aliphatic hydroxyl groups is 1. The smallest absolute Gasteiger partial charge is 0.474 e. The monoisotopic (exact) mass is 354 g/mol. The third-order valence-electron chi connectivity index (χ3n) is 3.27. The maximum atomic E-state index is 10.5. The van der Waals surface area contributed by atoms with Crippen LogP contribution in [-0.2, 0) is 33.6 Å². The fourth-order valence-electron chi connectivity index (χ4n) is 2.04. The molecule has 0 aliphatic carbocycles. The minimum Gasteiger partial charge on any atom is -0.474 e. The Bertz CT molecular complexity index is 432. The van der Waals surface area contributed by atoms with Gasteiger partial charge in [0, 0.05) is 0 Å².